The highest BCUT2D eigenvalue weighted by Crippen LogP contribution is 2.25. The van der Waals surface area contributed by atoms with Gasteiger partial charge >= 0.3 is 6.09 Å². The average Bonchev–Trinajstić information content (AvgIpc) is 2.58. The molecule has 0 aliphatic carbocycles. The van der Waals surface area contributed by atoms with Crippen molar-refractivity contribution in [2.75, 3.05) is 13.6 Å². The molecule has 0 aromatic heterocycles. The fraction of sp³-hybridized carbons (Fsp3) is 0.522. The minimum absolute atomic E-state index is 0.206. The highest BCUT2D eigenvalue weighted by atomic mass is 16.6. The second-order valence-electron chi connectivity index (χ2n) is 8.12. The maximum atomic E-state index is 11.8. The predicted molar refractivity (Wildman–Crippen MR) is 115 cm³/mol. The zero-order valence-corrected chi connectivity index (χ0v) is 18.2. The second-order valence-corrected chi connectivity index (χ2v) is 8.12. The molecule has 2 N–H and O–H groups in total. The van der Waals surface area contributed by atoms with Crippen LogP contribution in [0.4, 0.5) is 4.79 Å². The van der Waals surface area contributed by atoms with Gasteiger partial charge in [-0.2, -0.15) is 0 Å². The third kappa shape index (κ3) is 7.90. The summed E-state index contributed by atoms with van der Waals surface area (Å²) in [6.07, 6.45) is 2.80. The van der Waals surface area contributed by atoms with E-state index in [9.17, 15) is 4.79 Å². The second kappa shape index (κ2) is 10.2. The van der Waals surface area contributed by atoms with Crippen molar-refractivity contribution in [1.82, 2.24) is 10.6 Å². The zero-order chi connectivity index (χ0) is 20.6. The van der Waals surface area contributed by atoms with Crippen molar-refractivity contribution in [2.45, 2.75) is 66.4 Å². The van der Waals surface area contributed by atoms with Gasteiger partial charge in [-0.3, -0.25) is 0 Å². The van der Waals surface area contributed by atoms with Crippen LogP contribution in [0.2, 0.25) is 0 Å². The number of ether oxygens (including phenoxy) is 1. The minimum Gasteiger partial charge on any atom is -0.444 e. The van der Waals surface area contributed by atoms with E-state index in [-0.39, 0.29) is 12.0 Å². The number of allylic oxidation sites excluding steroid dienone is 4. The molecule has 0 aliphatic rings. The quantitative estimate of drug-likeness (QED) is 0.611. The van der Waals surface area contributed by atoms with Gasteiger partial charge in [-0.25, -0.2) is 4.79 Å². The lowest BCUT2D eigenvalue weighted by atomic mass is 9.95. The summed E-state index contributed by atoms with van der Waals surface area (Å²) in [5.74, 6) is 0.206. The number of nitrogens with one attached hydrogen (secondary N) is 2. The van der Waals surface area contributed by atoms with Gasteiger partial charge in [0, 0.05) is 24.9 Å². The summed E-state index contributed by atoms with van der Waals surface area (Å²) < 4.78 is 5.29. The van der Waals surface area contributed by atoms with E-state index in [1.165, 1.54) is 28.0 Å². The average molecular weight is 373 g/mol. The number of hydrogen-bond donors (Lipinski definition) is 2. The van der Waals surface area contributed by atoms with E-state index >= 15 is 0 Å². The number of rotatable bonds is 7. The van der Waals surface area contributed by atoms with Crippen LogP contribution in [0, 0.1) is 0 Å². The lowest BCUT2D eigenvalue weighted by Crippen LogP contribution is -2.34. The summed E-state index contributed by atoms with van der Waals surface area (Å²) in [6.45, 7) is 14.6. The molecule has 0 saturated heterocycles. The molecule has 0 saturated carbocycles. The summed E-state index contributed by atoms with van der Waals surface area (Å²) in [4.78, 5) is 11.8. The third-order valence-electron chi connectivity index (χ3n) is 4.16. The topological polar surface area (TPSA) is 50.4 Å². The summed E-state index contributed by atoms with van der Waals surface area (Å²) in [5.41, 5.74) is 5.62. The van der Waals surface area contributed by atoms with Crippen LogP contribution in [0.5, 0.6) is 0 Å². The smallest absolute Gasteiger partial charge is 0.407 e. The molecular weight excluding hydrogens is 336 g/mol. The fourth-order valence-corrected chi connectivity index (χ4v) is 2.79. The summed E-state index contributed by atoms with van der Waals surface area (Å²) in [6, 6.07) is 8.58. The van der Waals surface area contributed by atoms with Gasteiger partial charge in [-0.05, 0) is 58.1 Å². The van der Waals surface area contributed by atoms with Crippen molar-refractivity contribution in [2.24, 2.45) is 0 Å². The van der Waals surface area contributed by atoms with Crippen molar-refractivity contribution >= 4 is 11.7 Å². The van der Waals surface area contributed by atoms with E-state index in [0.29, 0.717) is 6.54 Å². The normalized spacial score (nSPS) is 13.3. The van der Waals surface area contributed by atoms with Crippen LogP contribution in [-0.4, -0.2) is 25.3 Å². The maximum absolute atomic E-state index is 11.8. The van der Waals surface area contributed by atoms with E-state index in [2.05, 4.69) is 68.7 Å². The number of carbonyl (C=O) groups excluding carboxylic acids is 1. The van der Waals surface area contributed by atoms with E-state index in [4.69, 9.17) is 4.74 Å². The first-order valence-corrected chi connectivity index (χ1v) is 9.70. The third-order valence-corrected chi connectivity index (χ3v) is 4.16. The van der Waals surface area contributed by atoms with Gasteiger partial charge in [0.15, 0.2) is 0 Å². The predicted octanol–water partition coefficient (Wildman–Crippen LogP) is 5.62. The van der Waals surface area contributed by atoms with Crippen LogP contribution in [0.25, 0.3) is 5.57 Å². The molecule has 0 radical (unpaired) electrons. The fourth-order valence-electron chi connectivity index (χ4n) is 2.79. The van der Waals surface area contributed by atoms with Gasteiger partial charge in [0.2, 0.25) is 0 Å². The SMILES string of the molecule is CC/C(NC)=C(/C=C(C)C)c1ccc(C(C)CNC(=O)OC(C)(C)C)cc1. The Morgan fingerprint density at radius 3 is 2.22 bits per heavy atom. The molecule has 1 unspecified atom stereocenters. The lowest BCUT2D eigenvalue weighted by molar-refractivity contribution is 0.0525. The van der Waals surface area contributed by atoms with E-state index < -0.39 is 5.60 Å². The van der Waals surface area contributed by atoms with E-state index in [0.717, 1.165) is 6.42 Å². The Morgan fingerprint density at radius 2 is 1.78 bits per heavy atom. The zero-order valence-electron chi connectivity index (χ0n) is 18.2. The molecule has 1 atom stereocenters. The van der Waals surface area contributed by atoms with Crippen molar-refractivity contribution in [3.05, 3.63) is 52.7 Å². The van der Waals surface area contributed by atoms with Gasteiger partial charge in [0.25, 0.3) is 0 Å². The largest absolute Gasteiger partial charge is 0.444 e. The Kier molecular flexibility index (Phi) is 8.61. The Bertz CT molecular complexity index is 669. The van der Waals surface area contributed by atoms with Crippen LogP contribution in [0.1, 0.15) is 71.9 Å². The highest BCUT2D eigenvalue weighted by molar-refractivity contribution is 5.77. The summed E-state index contributed by atoms with van der Waals surface area (Å²) >= 11 is 0. The Labute approximate surface area is 165 Å². The molecule has 150 valence electrons. The van der Waals surface area contributed by atoms with Crippen LogP contribution >= 0.6 is 0 Å². The molecular formula is C23H36N2O2. The van der Waals surface area contributed by atoms with Gasteiger partial charge in [-0.15, -0.1) is 0 Å². The number of hydrogen-bond acceptors (Lipinski definition) is 3. The lowest BCUT2D eigenvalue weighted by Gasteiger charge is -2.21. The summed E-state index contributed by atoms with van der Waals surface area (Å²) in [7, 11) is 1.97. The molecule has 4 nitrogen and oxygen atoms in total. The monoisotopic (exact) mass is 372 g/mol. The molecule has 0 aliphatic heterocycles. The molecule has 0 fully saturated rings. The molecule has 0 bridgehead atoms. The van der Waals surface area contributed by atoms with Crippen molar-refractivity contribution in [3.63, 3.8) is 0 Å². The molecule has 27 heavy (non-hydrogen) atoms. The summed E-state index contributed by atoms with van der Waals surface area (Å²) in [5, 5.41) is 6.17. The standard InChI is InChI=1S/C23H36N2O2/c1-9-21(24-8)20(14-16(2)3)19-12-10-18(11-13-19)17(4)15-25-22(26)27-23(5,6)7/h10-14,17,24H,9,15H2,1-8H3,(H,25,26)/b21-20+. The molecule has 1 aromatic rings. The van der Waals surface area contributed by atoms with Gasteiger partial charge in [0.1, 0.15) is 5.60 Å². The Morgan fingerprint density at radius 1 is 1.19 bits per heavy atom. The number of alkyl carbamates (subject to hydrolysis) is 1. The van der Waals surface area contributed by atoms with Crippen LogP contribution in [-0.2, 0) is 4.74 Å². The first-order chi connectivity index (χ1) is 12.6. The van der Waals surface area contributed by atoms with Crippen molar-refractivity contribution < 1.29 is 9.53 Å². The number of amides is 1. The Balaban J connectivity index is 2.89. The first-order valence-electron chi connectivity index (χ1n) is 9.70. The van der Waals surface area contributed by atoms with Gasteiger partial charge in [0.05, 0.1) is 0 Å². The van der Waals surface area contributed by atoms with E-state index in [1.54, 1.807) is 0 Å². The maximum Gasteiger partial charge on any atom is 0.407 e. The molecule has 1 aromatic carbocycles. The van der Waals surface area contributed by atoms with Crippen molar-refractivity contribution in [1.29, 1.82) is 0 Å². The molecule has 0 heterocycles. The highest BCUT2D eigenvalue weighted by Gasteiger charge is 2.17. The number of carbonyl (C=O) groups is 1. The molecule has 0 spiro atoms. The molecule has 1 rings (SSSR count). The van der Waals surface area contributed by atoms with Crippen LogP contribution in [0.15, 0.2) is 41.6 Å². The van der Waals surface area contributed by atoms with Gasteiger partial charge in [-0.1, -0.05) is 49.8 Å². The minimum atomic E-state index is -0.479. The molecule has 1 amide bonds. The Hall–Kier alpha value is -2.23. The number of benzene rings is 1. The van der Waals surface area contributed by atoms with E-state index in [1.807, 2.05) is 27.8 Å². The first kappa shape index (κ1) is 22.8. The van der Waals surface area contributed by atoms with Gasteiger partial charge < -0.3 is 15.4 Å². The van der Waals surface area contributed by atoms with Crippen LogP contribution in [0.3, 0.4) is 0 Å². The molecule has 4 heteroatoms. The van der Waals surface area contributed by atoms with Crippen molar-refractivity contribution in [3.8, 4) is 0 Å². The van der Waals surface area contributed by atoms with Crippen LogP contribution < -0.4 is 10.6 Å².